The van der Waals surface area contributed by atoms with E-state index in [1.165, 1.54) is 214 Å². The molecule has 11 unspecified atom stereocenters. The Hall–Kier alpha value is -3.46. The molecule has 11 atom stereocenters. The first-order valence-electron chi connectivity index (χ1n) is 59.0. The summed E-state index contributed by atoms with van der Waals surface area (Å²) in [4.78, 5) is 106. The zero-order valence-electron chi connectivity index (χ0n) is 99.0. The van der Waals surface area contributed by atoms with Crippen LogP contribution in [0.4, 0.5) is 0 Å². The van der Waals surface area contributed by atoms with Gasteiger partial charge >= 0.3 is 30.0 Å². The molecule has 18 aliphatic rings. The Labute approximate surface area is 886 Å². The van der Waals surface area contributed by atoms with Gasteiger partial charge in [0, 0.05) is 266 Å². The van der Waals surface area contributed by atoms with Crippen molar-refractivity contribution in [3.8, 4) is 0 Å². The molecule has 0 aliphatic carbocycles. The van der Waals surface area contributed by atoms with Gasteiger partial charge in [-0.1, -0.05) is 19.3 Å². The summed E-state index contributed by atoms with van der Waals surface area (Å²) in [5.74, 6) is -2.58. The van der Waals surface area contributed by atoms with Gasteiger partial charge in [0.15, 0.2) is 0 Å². The van der Waals surface area contributed by atoms with E-state index in [0.717, 1.165) is 197 Å². The maximum Gasteiger partial charge on any atom is 0.373 e. The number of aliphatic carboxylic acids is 4. The first-order chi connectivity index (χ1) is 67.5. The second kappa shape index (κ2) is 54.8. The van der Waals surface area contributed by atoms with Gasteiger partial charge in [-0.05, 0) is 415 Å². The van der Waals surface area contributed by atoms with Crippen molar-refractivity contribution in [2.45, 2.75) is 541 Å². The Balaban J connectivity index is 0.000000181. The summed E-state index contributed by atoms with van der Waals surface area (Å²) in [5, 5.41) is 36.6. The van der Waals surface area contributed by atoms with Crippen LogP contribution in [0.5, 0.6) is 0 Å². The van der Waals surface area contributed by atoms with Crippen molar-refractivity contribution in [3.05, 3.63) is 0 Å². The molecular formula is C117H224N18O10. The van der Waals surface area contributed by atoms with Crippen LogP contribution in [0.2, 0.25) is 0 Å². The molecule has 18 fully saturated rings. The third-order valence-corrected chi connectivity index (χ3v) is 37.2. The van der Waals surface area contributed by atoms with Crippen LogP contribution in [-0.2, 0) is 28.8 Å². The van der Waals surface area contributed by atoms with Gasteiger partial charge in [0.05, 0.1) is 0 Å². The van der Waals surface area contributed by atoms with E-state index in [1.54, 1.807) is 0 Å². The van der Waals surface area contributed by atoms with E-state index in [4.69, 9.17) is 19.8 Å². The Morgan fingerprint density at radius 1 is 0.186 bits per heavy atom. The zero-order chi connectivity index (χ0) is 108. The molecule has 0 spiro atoms. The Morgan fingerprint density at radius 3 is 0.641 bits per heavy atom. The molecule has 0 aromatic carbocycles. The number of carboxylic acids is 4. The quantitative estimate of drug-likeness (QED) is 0.134. The van der Waals surface area contributed by atoms with Gasteiger partial charge in [-0.25, -0.2) is 0 Å². The molecule has 0 bridgehead atoms. The number of hydrogen-bond acceptors (Lipinski definition) is 24. The number of carboxylic acid groups (broad SMARTS) is 4. The fourth-order valence-corrected chi connectivity index (χ4v) is 26.5. The number of carbonyl (C=O) groups is 4. The summed E-state index contributed by atoms with van der Waals surface area (Å²) in [6.45, 7) is 104. The van der Waals surface area contributed by atoms with E-state index >= 15 is 0 Å². The zero-order valence-corrected chi connectivity index (χ0v) is 99.0. The molecule has 842 valence electrons. The molecule has 0 saturated carbocycles. The van der Waals surface area contributed by atoms with Gasteiger partial charge in [-0.2, -0.15) is 9.59 Å². The van der Waals surface area contributed by atoms with E-state index in [2.05, 4.69) is 303 Å². The fraction of sp³-hybridized carbons (Fsp3) is 0.957. The number of nitrogens with zero attached hydrogens (tertiary/aromatic N) is 18. The highest BCUT2D eigenvalue weighted by Crippen LogP contribution is 2.39. The molecule has 4 N–H and O–H groups in total. The molecule has 18 rings (SSSR count). The van der Waals surface area contributed by atoms with Crippen molar-refractivity contribution >= 4 is 30.0 Å². The first-order valence-corrected chi connectivity index (χ1v) is 59.0. The maximum atomic E-state index is 11.2. The smallest absolute Gasteiger partial charge is 0.373 e. The van der Waals surface area contributed by atoms with Crippen LogP contribution < -0.4 is 0 Å². The van der Waals surface area contributed by atoms with E-state index in [0.29, 0.717) is 51.9 Å². The van der Waals surface area contributed by atoms with Gasteiger partial charge in [0.25, 0.3) is 0 Å². The fourth-order valence-electron chi connectivity index (χ4n) is 26.5. The molecule has 0 radical (unpaired) electrons. The van der Waals surface area contributed by atoms with Crippen LogP contribution in [0.25, 0.3) is 0 Å². The molecule has 18 saturated heterocycles. The van der Waals surface area contributed by atoms with Crippen molar-refractivity contribution in [2.75, 3.05) is 183 Å². The molecule has 18 aliphatic heterocycles. The average Bonchev–Trinajstić information content (AvgIpc) is 1.31. The lowest BCUT2D eigenvalue weighted by molar-refractivity contribution is -0.192. The number of likely N-dealkylation sites (tertiary alicyclic amines) is 18. The monoisotopic (exact) mass is 2040 g/mol. The highest BCUT2D eigenvalue weighted by molar-refractivity contribution is 5.75. The van der Waals surface area contributed by atoms with Gasteiger partial charge in [-0.3, -0.25) is 102 Å². The standard InChI is InChI=1S/C14H26N2O2.2C14H28N2.C13H24N2O2.2C13H26N2.C12H22N2O2.C12H24N2.C11H20N2O2.CO2/c1-14(2,3)15-9-6-11(7-10-15)16-8-4-5-12(16)13(17)18;1-12-7-5-6-9-16(12)13-8-10-15(11-13)14(2,3)4;1-14(2,3)16-11-7-13(8-12-16)15-9-5-4-6-10-15;1-13(2,3)14-8-10(9-14)15-7-5-4-6-11(15)12(16)17;1-11-5-10-15(11)12-6-8-14(9-7-12)13(2,3)4;1-11-6-5-8-15(11)12-7-9-14(10-12)13(2,3)4;1-12(2,3)13-7-9(8-13)14-6-4-5-10(14)11(15)16;1-10-5-8-14(10)11-6-7-13(9-11)12(2,3)4;1-11(2,3)12-6-8(7-12)13-5-4-9(13)10(14)15;2-1-3/h11-12H,4-10H2,1-3H3,(H,17,18);12-13H,5-11H2,1-4H3;13H,4-12H2,1-3H3;10-11H,4-9H2,1-3H3,(H,16,17);2*11-12H,5-10H2,1-4H3;9-10H,4-8H2,1-3H3,(H,15,16);10-11H,5-9H2,1-4H3;8-9H,4-7H2,1-3H3,(H,14,15);. The van der Waals surface area contributed by atoms with E-state index in [1.807, 2.05) is 0 Å². The number of hydrogen-bond donors (Lipinski definition) is 4. The van der Waals surface area contributed by atoms with Crippen LogP contribution >= 0.6 is 0 Å². The van der Waals surface area contributed by atoms with Crippen LogP contribution in [0, 0.1) is 0 Å². The van der Waals surface area contributed by atoms with Crippen molar-refractivity contribution in [1.29, 1.82) is 0 Å². The van der Waals surface area contributed by atoms with Crippen molar-refractivity contribution < 1.29 is 49.2 Å². The summed E-state index contributed by atoms with van der Waals surface area (Å²) < 4.78 is 0. The number of piperidine rings is 6. The second-order valence-electron chi connectivity index (χ2n) is 56.2. The number of rotatable bonds is 13. The SMILES string of the molecule is CC(C)(C)N1CC(N2CCC2C(=O)O)C1.CC(C)(C)N1CC(N2CCCC2C(=O)O)C1.CC(C)(C)N1CC(N2CCCCC2C(=O)O)C1.CC(C)(C)N1CCC(N2CCCC2C(=O)O)CC1.CC(C)(C)N1CCC(N2CCCCC2)CC1.CC1CCCCN1C1CCN(C(C)(C)C)C1.CC1CCCN1C1CCN(C(C)(C)C)C1.CC1CCN1C1CCN(C(C)(C)C)C1.CC1CCN1C1CCN(C(C)(C)C)CC1.O=C=O. The Kier molecular flexibility index (Phi) is 47.2. The second-order valence-corrected chi connectivity index (χ2v) is 56.2. The van der Waals surface area contributed by atoms with Gasteiger partial charge in [0.2, 0.25) is 0 Å². The summed E-state index contributed by atoms with van der Waals surface area (Å²) in [7, 11) is 0. The largest absolute Gasteiger partial charge is 0.480 e. The lowest BCUT2D eigenvalue weighted by Crippen LogP contribution is -2.70. The molecular weight excluding hydrogens is 1820 g/mol. The third-order valence-electron chi connectivity index (χ3n) is 37.2. The van der Waals surface area contributed by atoms with Gasteiger partial charge < -0.3 is 25.3 Å². The van der Waals surface area contributed by atoms with E-state index in [9.17, 15) is 29.4 Å². The topological polar surface area (TPSA) is 242 Å². The van der Waals surface area contributed by atoms with Crippen molar-refractivity contribution in [3.63, 3.8) is 0 Å². The maximum absolute atomic E-state index is 11.2. The van der Waals surface area contributed by atoms with Crippen LogP contribution in [0.1, 0.15) is 388 Å². The predicted molar refractivity (Wildman–Crippen MR) is 594 cm³/mol. The molecule has 28 nitrogen and oxygen atoms in total. The van der Waals surface area contributed by atoms with E-state index < -0.39 is 23.9 Å². The molecule has 18 heterocycles. The lowest BCUT2D eigenvalue weighted by Gasteiger charge is -2.55. The van der Waals surface area contributed by atoms with Crippen LogP contribution in [0.3, 0.4) is 0 Å². The summed E-state index contributed by atoms with van der Waals surface area (Å²) >= 11 is 0. The summed E-state index contributed by atoms with van der Waals surface area (Å²) in [6, 6.07) is 8.59. The highest BCUT2D eigenvalue weighted by atomic mass is 16.4. The molecule has 0 aromatic heterocycles. The molecule has 0 aromatic rings. The Bertz CT molecular complexity index is 3840. The lowest BCUT2D eigenvalue weighted by atomic mass is 9.91. The average molecular weight is 2040 g/mol. The molecule has 145 heavy (non-hydrogen) atoms. The van der Waals surface area contributed by atoms with Crippen molar-refractivity contribution in [2.24, 2.45) is 0 Å². The summed E-state index contributed by atoms with van der Waals surface area (Å²) in [5.41, 5.74) is 2.70. The molecule has 28 heteroatoms. The number of carbonyl (C=O) groups excluding carboxylic acids is 2. The van der Waals surface area contributed by atoms with Crippen molar-refractivity contribution in [1.82, 2.24) is 88.2 Å². The summed E-state index contributed by atoms with van der Waals surface area (Å²) in [6.07, 6.45) is 33.9. The molecule has 0 amide bonds. The normalized spacial score (nSPS) is 30.5. The predicted octanol–water partition coefficient (Wildman–Crippen LogP) is 16.4. The highest BCUT2D eigenvalue weighted by Gasteiger charge is 2.50. The first kappa shape index (κ1) is 125. The van der Waals surface area contributed by atoms with Crippen LogP contribution in [0.15, 0.2) is 0 Å². The minimum absolute atomic E-state index is 0.211. The minimum Gasteiger partial charge on any atom is -0.480 e. The van der Waals surface area contributed by atoms with Gasteiger partial charge in [-0.15, -0.1) is 0 Å². The minimum atomic E-state index is -0.657. The van der Waals surface area contributed by atoms with E-state index in [-0.39, 0.29) is 52.5 Å². The van der Waals surface area contributed by atoms with Crippen LogP contribution in [-0.4, -0.2) is 474 Å². The third kappa shape index (κ3) is 36.9. The Morgan fingerprint density at radius 2 is 0.379 bits per heavy atom. The van der Waals surface area contributed by atoms with Gasteiger partial charge in [0.1, 0.15) is 24.2 Å².